The molecule has 2 rings (SSSR count). The number of carbonyl (C=O) groups is 3. The molecule has 0 unspecified atom stereocenters. The first kappa shape index (κ1) is 17.4. The zero-order chi connectivity index (χ0) is 17.5. The summed E-state index contributed by atoms with van der Waals surface area (Å²) in [6, 6.07) is 13.8. The van der Waals surface area contributed by atoms with E-state index in [1.807, 2.05) is 19.1 Å². The number of carbonyl (C=O) groups excluding carboxylic acids is 3. The molecule has 5 heteroatoms. The molecule has 0 heterocycles. The maximum absolute atomic E-state index is 12.7. The average Bonchev–Trinajstić information content (AvgIpc) is 2.61. The predicted molar refractivity (Wildman–Crippen MR) is 90.0 cm³/mol. The molecule has 0 aliphatic rings. The van der Waals surface area contributed by atoms with E-state index in [-0.39, 0.29) is 24.3 Å². The molecule has 0 radical (unpaired) electrons. The molecule has 0 saturated carbocycles. The Kier molecular flexibility index (Phi) is 5.84. The summed E-state index contributed by atoms with van der Waals surface area (Å²) in [4.78, 5) is 36.1. The lowest BCUT2D eigenvalue weighted by molar-refractivity contribution is -0.140. The zero-order valence-electron chi connectivity index (χ0n) is 13.7. The number of aryl methyl sites for hydroxylation is 1. The number of amides is 1. The van der Waals surface area contributed by atoms with E-state index in [4.69, 9.17) is 0 Å². The third-order valence-corrected chi connectivity index (χ3v) is 3.57. The molecular weight excluding hydrogens is 306 g/mol. The second-order valence-corrected chi connectivity index (χ2v) is 5.32. The highest BCUT2D eigenvalue weighted by molar-refractivity contribution is 6.15. The van der Waals surface area contributed by atoms with Gasteiger partial charge in [0.15, 0.2) is 5.78 Å². The van der Waals surface area contributed by atoms with Crippen molar-refractivity contribution in [2.45, 2.75) is 13.3 Å². The van der Waals surface area contributed by atoms with Gasteiger partial charge in [-0.15, -0.1) is 0 Å². The lowest BCUT2D eigenvalue weighted by Crippen LogP contribution is -2.28. The van der Waals surface area contributed by atoms with E-state index in [9.17, 15) is 14.4 Å². The van der Waals surface area contributed by atoms with Crippen LogP contribution >= 0.6 is 0 Å². The van der Waals surface area contributed by atoms with Gasteiger partial charge in [0.2, 0.25) is 0 Å². The minimum absolute atomic E-state index is 0.0797. The first-order chi connectivity index (χ1) is 11.5. The lowest BCUT2D eigenvalue weighted by atomic mass is 9.97. The summed E-state index contributed by atoms with van der Waals surface area (Å²) in [7, 11) is 1.29. The van der Waals surface area contributed by atoms with Gasteiger partial charge < -0.3 is 10.1 Å². The normalized spacial score (nSPS) is 10.1. The van der Waals surface area contributed by atoms with Crippen LogP contribution in [0.3, 0.4) is 0 Å². The summed E-state index contributed by atoms with van der Waals surface area (Å²) in [6.45, 7) is 2.09. The maximum atomic E-state index is 12.7. The quantitative estimate of drug-likeness (QED) is 0.654. The predicted octanol–water partition coefficient (Wildman–Crippen LogP) is 2.52. The van der Waals surface area contributed by atoms with E-state index in [1.165, 1.54) is 7.11 Å². The van der Waals surface area contributed by atoms with Crippen LogP contribution in [0.1, 0.15) is 38.3 Å². The van der Waals surface area contributed by atoms with Crippen molar-refractivity contribution in [2.24, 2.45) is 0 Å². The number of benzene rings is 2. The van der Waals surface area contributed by atoms with Gasteiger partial charge in [-0.1, -0.05) is 48.0 Å². The first-order valence-corrected chi connectivity index (χ1v) is 7.58. The van der Waals surface area contributed by atoms with Gasteiger partial charge in [0.1, 0.15) is 0 Å². The fourth-order valence-corrected chi connectivity index (χ4v) is 2.21. The Bertz CT molecular complexity index is 750. The molecule has 2 aromatic carbocycles. The number of hydrogen-bond donors (Lipinski definition) is 1. The first-order valence-electron chi connectivity index (χ1n) is 7.58. The van der Waals surface area contributed by atoms with Crippen LogP contribution in [0.25, 0.3) is 0 Å². The molecule has 0 fully saturated rings. The van der Waals surface area contributed by atoms with E-state index in [2.05, 4.69) is 10.1 Å². The Morgan fingerprint density at radius 2 is 1.58 bits per heavy atom. The number of ketones is 1. The Morgan fingerprint density at radius 3 is 2.21 bits per heavy atom. The third-order valence-electron chi connectivity index (χ3n) is 3.57. The van der Waals surface area contributed by atoms with Crippen molar-refractivity contribution in [3.63, 3.8) is 0 Å². The molecule has 0 aliphatic carbocycles. The largest absolute Gasteiger partial charge is 0.469 e. The van der Waals surface area contributed by atoms with Crippen LogP contribution in [0.4, 0.5) is 0 Å². The van der Waals surface area contributed by atoms with Gasteiger partial charge in [-0.25, -0.2) is 0 Å². The summed E-state index contributed by atoms with van der Waals surface area (Å²) in [5.41, 5.74) is 2.20. The van der Waals surface area contributed by atoms with Gasteiger partial charge in [0.25, 0.3) is 5.91 Å². The highest BCUT2D eigenvalue weighted by Gasteiger charge is 2.17. The topological polar surface area (TPSA) is 72.5 Å². The van der Waals surface area contributed by atoms with Crippen molar-refractivity contribution in [1.29, 1.82) is 0 Å². The average molecular weight is 325 g/mol. The summed E-state index contributed by atoms with van der Waals surface area (Å²) in [5.74, 6) is -1.01. The zero-order valence-corrected chi connectivity index (χ0v) is 13.7. The van der Waals surface area contributed by atoms with Crippen molar-refractivity contribution >= 4 is 17.7 Å². The van der Waals surface area contributed by atoms with Crippen LogP contribution < -0.4 is 5.32 Å². The van der Waals surface area contributed by atoms with Crippen LogP contribution in [-0.4, -0.2) is 31.3 Å². The Morgan fingerprint density at radius 1 is 0.958 bits per heavy atom. The fourth-order valence-electron chi connectivity index (χ4n) is 2.21. The highest BCUT2D eigenvalue weighted by atomic mass is 16.5. The van der Waals surface area contributed by atoms with Gasteiger partial charge in [0, 0.05) is 17.7 Å². The van der Waals surface area contributed by atoms with Gasteiger partial charge in [-0.05, 0) is 13.0 Å². The number of hydrogen-bond acceptors (Lipinski definition) is 4. The number of esters is 1. The smallest absolute Gasteiger partial charge is 0.307 e. The Hall–Kier alpha value is -2.95. The maximum Gasteiger partial charge on any atom is 0.307 e. The van der Waals surface area contributed by atoms with Crippen LogP contribution in [0.5, 0.6) is 0 Å². The Balaban J connectivity index is 2.17. The lowest BCUT2D eigenvalue weighted by Gasteiger charge is -2.09. The van der Waals surface area contributed by atoms with Crippen molar-refractivity contribution in [2.75, 3.05) is 13.7 Å². The SMILES string of the molecule is COC(=O)CCNC(=O)c1ccccc1C(=O)c1ccc(C)cc1. The molecule has 24 heavy (non-hydrogen) atoms. The minimum Gasteiger partial charge on any atom is -0.469 e. The molecule has 5 nitrogen and oxygen atoms in total. The van der Waals surface area contributed by atoms with Crippen LogP contribution in [0.15, 0.2) is 48.5 Å². The molecule has 0 spiro atoms. The molecule has 1 N–H and O–H groups in total. The Labute approximate surface area is 140 Å². The molecule has 0 bridgehead atoms. The summed E-state index contributed by atoms with van der Waals surface area (Å²) in [6.07, 6.45) is 0.0797. The van der Waals surface area contributed by atoms with Gasteiger partial charge in [-0.2, -0.15) is 0 Å². The van der Waals surface area contributed by atoms with Crippen LogP contribution in [0, 0.1) is 6.92 Å². The van der Waals surface area contributed by atoms with Gasteiger partial charge >= 0.3 is 5.97 Å². The van der Waals surface area contributed by atoms with Crippen molar-refractivity contribution in [3.05, 3.63) is 70.8 Å². The van der Waals surface area contributed by atoms with Crippen LogP contribution in [0.2, 0.25) is 0 Å². The van der Waals surface area contributed by atoms with E-state index >= 15 is 0 Å². The summed E-state index contributed by atoms with van der Waals surface area (Å²) in [5, 5.41) is 2.63. The standard InChI is InChI=1S/C19H19NO4/c1-13-7-9-14(10-8-13)18(22)15-5-3-4-6-16(15)19(23)20-12-11-17(21)24-2/h3-10H,11-12H2,1-2H3,(H,20,23). The minimum atomic E-state index is -0.403. The monoisotopic (exact) mass is 325 g/mol. The molecule has 1 amide bonds. The highest BCUT2D eigenvalue weighted by Crippen LogP contribution is 2.15. The molecular formula is C19H19NO4. The molecule has 0 saturated heterocycles. The molecule has 124 valence electrons. The van der Waals surface area contributed by atoms with Crippen molar-refractivity contribution < 1.29 is 19.1 Å². The number of methoxy groups -OCH3 is 1. The van der Waals surface area contributed by atoms with E-state index < -0.39 is 11.9 Å². The molecule has 0 aliphatic heterocycles. The van der Waals surface area contributed by atoms with Gasteiger partial charge in [0.05, 0.1) is 19.1 Å². The second kappa shape index (κ2) is 8.06. The molecule has 0 atom stereocenters. The van der Waals surface area contributed by atoms with E-state index in [1.54, 1.807) is 36.4 Å². The third kappa shape index (κ3) is 4.29. The van der Waals surface area contributed by atoms with E-state index in [0.29, 0.717) is 11.1 Å². The van der Waals surface area contributed by atoms with Gasteiger partial charge in [-0.3, -0.25) is 14.4 Å². The fraction of sp³-hybridized carbons (Fsp3) is 0.211. The number of nitrogens with one attached hydrogen (secondary N) is 1. The van der Waals surface area contributed by atoms with Crippen molar-refractivity contribution in [1.82, 2.24) is 5.32 Å². The number of ether oxygens (including phenoxy) is 1. The van der Waals surface area contributed by atoms with E-state index in [0.717, 1.165) is 5.56 Å². The molecule has 0 aromatic heterocycles. The van der Waals surface area contributed by atoms with Crippen LogP contribution in [-0.2, 0) is 9.53 Å². The van der Waals surface area contributed by atoms with Crippen molar-refractivity contribution in [3.8, 4) is 0 Å². The molecule has 2 aromatic rings. The second-order valence-electron chi connectivity index (χ2n) is 5.32. The number of rotatable bonds is 6. The summed E-state index contributed by atoms with van der Waals surface area (Å²) >= 11 is 0. The summed E-state index contributed by atoms with van der Waals surface area (Å²) < 4.78 is 4.52.